The van der Waals surface area contributed by atoms with Crippen LogP contribution >= 0.6 is 0 Å². The van der Waals surface area contributed by atoms with Crippen molar-refractivity contribution >= 4 is 17.1 Å². The van der Waals surface area contributed by atoms with Gasteiger partial charge in [-0.25, -0.2) is 0 Å². The highest BCUT2D eigenvalue weighted by Gasteiger charge is 2.14. The quantitative estimate of drug-likeness (QED) is 0.884. The Hall–Kier alpha value is -1.55. The van der Waals surface area contributed by atoms with Gasteiger partial charge in [-0.15, -0.1) is 0 Å². The third-order valence-electron chi connectivity index (χ3n) is 3.05. The number of anilines is 1. The first-order valence-electron chi connectivity index (χ1n) is 6.13. The Morgan fingerprint density at radius 3 is 3.06 bits per heavy atom. The van der Waals surface area contributed by atoms with Crippen LogP contribution in [0, 0.1) is 0 Å². The standard InChI is InChI=1S/C13H16N2O2/c1-2-7-12-11(6-1)15-13(17-12)14-9-10-5-3-4-8-16-10/h1-2,6-7,10H,3-5,8-9H2,(H,14,15). The van der Waals surface area contributed by atoms with Crippen molar-refractivity contribution < 1.29 is 9.15 Å². The van der Waals surface area contributed by atoms with Gasteiger partial charge in [-0.2, -0.15) is 4.98 Å². The normalized spacial score (nSPS) is 20.6. The van der Waals surface area contributed by atoms with E-state index in [1.807, 2.05) is 24.3 Å². The fraction of sp³-hybridized carbons (Fsp3) is 0.462. The first kappa shape index (κ1) is 10.6. The average Bonchev–Trinajstić information content (AvgIpc) is 2.80. The van der Waals surface area contributed by atoms with E-state index in [4.69, 9.17) is 9.15 Å². The molecule has 1 aliphatic heterocycles. The molecule has 3 rings (SSSR count). The lowest BCUT2D eigenvalue weighted by Crippen LogP contribution is -2.27. The zero-order valence-corrected chi connectivity index (χ0v) is 9.69. The predicted molar refractivity (Wildman–Crippen MR) is 66.1 cm³/mol. The summed E-state index contributed by atoms with van der Waals surface area (Å²) in [5.74, 6) is 0. The molecule has 2 heterocycles. The van der Waals surface area contributed by atoms with Crippen molar-refractivity contribution in [1.82, 2.24) is 4.98 Å². The zero-order chi connectivity index (χ0) is 11.5. The van der Waals surface area contributed by atoms with Crippen molar-refractivity contribution in [2.75, 3.05) is 18.5 Å². The Balaban J connectivity index is 1.64. The Bertz CT molecular complexity index is 456. The summed E-state index contributed by atoms with van der Waals surface area (Å²) in [6.07, 6.45) is 3.84. The lowest BCUT2D eigenvalue weighted by Gasteiger charge is -2.22. The van der Waals surface area contributed by atoms with Crippen LogP contribution < -0.4 is 5.32 Å². The molecule has 0 aliphatic carbocycles. The number of hydrogen-bond donors (Lipinski definition) is 1. The summed E-state index contributed by atoms with van der Waals surface area (Å²) in [5.41, 5.74) is 1.71. The van der Waals surface area contributed by atoms with Gasteiger partial charge < -0.3 is 14.5 Å². The first-order chi connectivity index (χ1) is 8.42. The molecule has 0 spiro atoms. The molecule has 1 aromatic heterocycles. The number of benzene rings is 1. The summed E-state index contributed by atoms with van der Waals surface area (Å²) in [7, 11) is 0. The van der Waals surface area contributed by atoms with Gasteiger partial charge in [0, 0.05) is 13.2 Å². The summed E-state index contributed by atoms with van der Waals surface area (Å²) < 4.78 is 11.2. The first-order valence-corrected chi connectivity index (χ1v) is 6.13. The number of fused-ring (bicyclic) bond motifs is 1. The van der Waals surface area contributed by atoms with Crippen LogP contribution in [0.4, 0.5) is 6.01 Å². The number of para-hydroxylation sites is 2. The van der Waals surface area contributed by atoms with Gasteiger partial charge in [0.15, 0.2) is 5.58 Å². The molecule has 1 atom stereocenters. The van der Waals surface area contributed by atoms with Crippen LogP contribution in [0.3, 0.4) is 0 Å². The molecule has 1 N–H and O–H groups in total. The fourth-order valence-electron chi connectivity index (χ4n) is 2.12. The molecular weight excluding hydrogens is 216 g/mol. The molecule has 0 saturated carbocycles. The van der Waals surface area contributed by atoms with Gasteiger partial charge in [0.2, 0.25) is 0 Å². The molecule has 1 unspecified atom stereocenters. The molecule has 4 heteroatoms. The van der Waals surface area contributed by atoms with E-state index in [-0.39, 0.29) is 0 Å². The molecule has 2 aromatic rings. The van der Waals surface area contributed by atoms with Crippen LogP contribution in [0.5, 0.6) is 0 Å². The summed E-state index contributed by atoms with van der Waals surface area (Å²) >= 11 is 0. The summed E-state index contributed by atoms with van der Waals surface area (Å²) in [6.45, 7) is 1.65. The van der Waals surface area contributed by atoms with E-state index in [1.165, 1.54) is 12.8 Å². The van der Waals surface area contributed by atoms with Crippen molar-refractivity contribution in [3.05, 3.63) is 24.3 Å². The minimum Gasteiger partial charge on any atom is -0.424 e. The Morgan fingerprint density at radius 2 is 2.24 bits per heavy atom. The maximum absolute atomic E-state index is 5.64. The Kier molecular flexibility index (Phi) is 2.96. The number of nitrogens with zero attached hydrogens (tertiary/aromatic N) is 1. The summed E-state index contributed by atoms with van der Waals surface area (Å²) in [6, 6.07) is 8.35. The van der Waals surface area contributed by atoms with Crippen LogP contribution in [0.1, 0.15) is 19.3 Å². The van der Waals surface area contributed by atoms with Gasteiger partial charge in [0.1, 0.15) is 5.52 Å². The van der Waals surface area contributed by atoms with Gasteiger partial charge in [0.25, 0.3) is 6.01 Å². The Morgan fingerprint density at radius 1 is 1.29 bits per heavy atom. The second-order valence-corrected chi connectivity index (χ2v) is 4.36. The highest BCUT2D eigenvalue weighted by molar-refractivity contribution is 5.74. The molecular formula is C13H16N2O2. The van der Waals surface area contributed by atoms with Gasteiger partial charge in [0.05, 0.1) is 6.10 Å². The van der Waals surface area contributed by atoms with E-state index in [0.29, 0.717) is 12.1 Å². The average molecular weight is 232 g/mol. The second-order valence-electron chi connectivity index (χ2n) is 4.36. The third kappa shape index (κ3) is 2.42. The zero-order valence-electron chi connectivity index (χ0n) is 9.69. The Labute approximate surface area is 100.0 Å². The monoisotopic (exact) mass is 232 g/mol. The van der Waals surface area contributed by atoms with E-state index in [9.17, 15) is 0 Å². The SMILES string of the molecule is c1ccc2oc(NCC3CCCCO3)nc2c1. The van der Waals surface area contributed by atoms with Gasteiger partial charge in [-0.3, -0.25) is 0 Å². The van der Waals surface area contributed by atoms with Crippen LogP contribution in [-0.2, 0) is 4.74 Å². The summed E-state index contributed by atoms with van der Waals surface area (Å²) in [4.78, 5) is 4.36. The number of oxazole rings is 1. The highest BCUT2D eigenvalue weighted by atomic mass is 16.5. The van der Waals surface area contributed by atoms with E-state index in [2.05, 4.69) is 10.3 Å². The van der Waals surface area contributed by atoms with Crippen LogP contribution in [-0.4, -0.2) is 24.2 Å². The van der Waals surface area contributed by atoms with Gasteiger partial charge in [-0.05, 0) is 31.4 Å². The number of hydrogen-bond acceptors (Lipinski definition) is 4. The molecule has 1 saturated heterocycles. The molecule has 17 heavy (non-hydrogen) atoms. The molecule has 0 amide bonds. The fourth-order valence-corrected chi connectivity index (χ4v) is 2.12. The maximum atomic E-state index is 5.64. The highest BCUT2D eigenvalue weighted by Crippen LogP contribution is 2.19. The number of nitrogens with one attached hydrogen (secondary N) is 1. The lowest BCUT2D eigenvalue weighted by atomic mass is 10.1. The van der Waals surface area contributed by atoms with Gasteiger partial charge >= 0.3 is 0 Å². The van der Waals surface area contributed by atoms with Crippen molar-refractivity contribution in [2.24, 2.45) is 0 Å². The second kappa shape index (κ2) is 4.75. The molecule has 0 bridgehead atoms. The van der Waals surface area contributed by atoms with E-state index in [0.717, 1.165) is 30.7 Å². The van der Waals surface area contributed by atoms with Crippen molar-refractivity contribution in [3.63, 3.8) is 0 Å². The minimum absolute atomic E-state index is 0.291. The molecule has 1 fully saturated rings. The lowest BCUT2D eigenvalue weighted by molar-refractivity contribution is 0.0245. The van der Waals surface area contributed by atoms with Crippen LogP contribution in [0.2, 0.25) is 0 Å². The maximum Gasteiger partial charge on any atom is 0.295 e. The minimum atomic E-state index is 0.291. The smallest absolute Gasteiger partial charge is 0.295 e. The summed E-state index contributed by atoms with van der Waals surface area (Å²) in [5, 5.41) is 3.20. The predicted octanol–water partition coefficient (Wildman–Crippen LogP) is 2.81. The van der Waals surface area contributed by atoms with Crippen LogP contribution in [0.15, 0.2) is 28.7 Å². The largest absolute Gasteiger partial charge is 0.424 e. The molecule has 1 aliphatic rings. The van der Waals surface area contributed by atoms with Gasteiger partial charge in [-0.1, -0.05) is 12.1 Å². The topological polar surface area (TPSA) is 47.3 Å². The van der Waals surface area contributed by atoms with E-state index < -0.39 is 0 Å². The molecule has 4 nitrogen and oxygen atoms in total. The van der Waals surface area contributed by atoms with E-state index >= 15 is 0 Å². The van der Waals surface area contributed by atoms with Crippen LogP contribution in [0.25, 0.3) is 11.1 Å². The van der Waals surface area contributed by atoms with E-state index in [1.54, 1.807) is 0 Å². The van der Waals surface area contributed by atoms with Crippen molar-refractivity contribution in [2.45, 2.75) is 25.4 Å². The number of rotatable bonds is 3. The third-order valence-corrected chi connectivity index (χ3v) is 3.05. The molecule has 0 radical (unpaired) electrons. The number of ether oxygens (including phenoxy) is 1. The molecule has 1 aromatic carbocycles. The van der Waals surface area contributed by atoms with Crippen molar-refractivity contribution in [1.29, 1.82) is 0 Å². The van der Waals surface area contributed by atoms with Crippen molar-refractivity contribution in [3.8, 4) is 0 Å². The molecule has 90 valence electrons. The number of aromatic nitrogens is 1.